The fourth-order valence-electron chi connectivity index (χ4n) is 3.65. The maximum absolute atomic E-state index is 13.4. The molecule has 0 spiro atoms. The van der Waals surface area contributed by atoms with E-state index < -0.39 is 35.1 Å². The minimum absolute atomic E-state index is 0.0289. The summed E-state index contributed by atoms with van der Waals surface area (Å²) in [5.41, 5.74) is -0.783. The van der Waals surface area contributed by atoms with Gasteiger partial charge in [0.25, 0.3) is 11.8 Å². The fraction of sp³-hybridized carbons (Fsp3) is 0.208. The van der Waals surface area contributed by atoms with Gasteiger partial charge >= 0.3 is 12.2 Å². The molecule has 0 atom stereocenters. The Hall–Kier alpha value is -4.28. The predicted molar refractivity (Wildman–Crippen MR) is 119 cm³/mol. The normalized spacial score (nSPS) is 14.1. The first-order valence-electron chi connectivity index (χ1n) is 10.7. The van der Waals surface area contributed by atoms with Gasteiger partial charge in [-0.1, -0.05) is 42.5 Å². The number of imide groups is 1. The van der Waals surface area contributed by atoms with Crippen molar-refractivity contribution >= 4 is 23.7 Å². The van der Waals surface area contributed by atoms with Crippen molar-refractivity contribution in [3.8, 4) is 0 Å². The van der Waals surface area contributed by atoms with Gasteiger partial charge in [-0.3, -0.25) is 19.4 Å². The van der Waals surface area contributed by atoms with Crippen LogP contribution in [0.2, 0.25) is 0 Å². The largest absolute Gasteiger partial charge is 0.417 e. The summed E-state index contributed by atoms with van der Waals surface area (Å²) in [5, 5.41) is 10.5. The van der Waals surface area contributed by atoms with E-state index in [0.29, 0.717) is 13.0 Å². The van der Waals surface area contributed by atoms with Crippen molar-refractivity contribution in [3.05, 3.63) is 89.1 Å². The van der Waals surface area contributed by atoms with E-state index in [1.54, 1.807) is 0 Å². The zero-order valence-electron chi connectivity index (χ0n) is 18.3. The van der Waals surface area contributed by atoms with E-state index in [-0.39, 0.29) is 24.6 Å². The molecule has 4 amide bonds. The number of benzene rings is 2. The van der Waals surface area contributed by atoms with Crippen LogP contribution in [0, 0.1) is 0 Å². The summed E-state index contributed by atoms with van der Waals surface area (Å²) < 4.78 is 40.1. The molecule has 2 heterocycles. The molecule has 35 heavy (non-hydrogen) atoms. The number of rotatable bonds is 5. The summed E-state index contributed by atoms with van der Waals surface area (Å²) in [6.07, 6.45) is -4.42. The molecule has 1 saturated heterocycles. The van der Waals surface area contributed by atoms with E-state index in [1.165, 1.54) is 24.3 Å². The molecule has 1 aliphatic heterocycles. The summed E-state index contributed by atoms with van der Waals surface area (Å²) in [6.45, 7) is 0.454. The zero-order chi connectivity index (χ0) is 25.0. The molecule has 4 rings (SSSR count). The Morgan fingerprint density at radius 3 is 2.31 bits per heavy atom. The van der Waals surface area contributed by atoms with Gasteiger partial charge in [-0.15, -0.1) is 10.2 Å². The quantitative estimate of drug-likeness (QED) is 0.594. The molecule has 1 fully saturated rings. The summed E-state index contributed by atoms with van der Waals surface area (Å²) in [6, 6.07) is 15.6. The molecule has 0 radical (unpaired) electrons. The SMILES string of the molecule is O=C(NCc1ccccc1)c1ccc(N2CCCN(C(=O)c3ccccc3C(F)(F)F)C2=O)nn1. The second kappa shape index (κ2) is 9.92. The van der Waals surface area contributed by atoms with Crippen molar-refractivity contribution in [1.29, 1.82) is 0 Å². The van der Waals surface area contributed by atoms with Crippen LogP contribution >= 0.6 is 0 Å². The molecule has 2 aromatic carbocycles. The van der Waals surface area contributed by atoms with Gasteiger partial charge in [0.2, 0.25) is 0 Å². The smallest absolute Gasteiger partial charge is 0.347 e. The van der Waals surface area contributed by atoms with Crippen LogP contribution in [0.3, 0.4) is 0 Å². The van der Waals surface area contributed by atoms with E-state index in [1.807, 2.05) is 30.3 Å². The second-order valence-electron chi connectivity index (χ2n) is 7.73. The van der Waals surface area contributed by atoms with Crippen LogP contribution in [0.4, 0.5) is 23.8 Å². The average Bonchev–Trinajstić information content (AvgIpc) is 2.87. The highest BCUT2D eigenvalue weighted by atomic mass is 19.4. The van der Waals surface area contributed by atoms with Gasteiger partial charge in [-0.25, -0.2) is 4.79 Å². The Bertz CT molecular complexity index is 1230. The van der Waals surface area contributed by atoms with E-state index in [4.69, 9.17) is 0 Å². The van der Waals surface area contributed by atoms with Gasteiger partial charge in [0.05, 0.1) is 11.1 Å². The molecule has 0 unspecified atom stereocenters. The third-order valence-corrected chi connectivity index (χ3v) is 5.39. The summed E-state index contributed by atoms with van der Waals surface area (Å²) in [5.74, 6) is -1.42. The molecule has 0 aliphatic carbocycles. The van der Waals surface area contributed by atoms with Crippen molar-refractivity contribution in [2.45, 2.75) is 19.1 Å². The summed E-state index contributed by atoms with van der Waals surface area (Å²) >= 11 is 0. The lowest BCUT2D eigenvalue weighted by molar-refractivity contribution is -0.138. The highest BCUT2D eigenvalue weighted by Gasteiger charge is 2.39. The first-order chi connectivity index (χ1) is 16.8. The third-order valence-electron chi connectivity index (χ3n) is 5.39. The lowest BCUT2D eigenvalue weighted by Gasteiger charge is -2.33. The molecule has 0 bridgehead atoms. The third kappa shape index (κ3) is 5.29. The van der Waals surface area contributed by atoms with Gasteiger partial charge in [0, 0.05) is 19.6 Å². The molecule has 1 aromatic heterocycles. The maximum Gasteiger partial charge on any atom is 0.417 e. The van der Waals surface area contributed by atoms with Crippen LogP contribution in [-0.2, 0) is 12.7 Å². The number of halogens is 3. The van der Waals surface area contributed by atoms with Crippen molar-refractivity contribution in [1.82, 2.24) is 20.4 Å². The standard InChI is InChI=1S/C24H20F3N5O3/c25-24(26,27)18-10-5-4-9-17(18)22(34)32-14-6-13-31(23(32)35)20-12-11-19(29-30-20)21(33)28-15-16-7-2-1-3-8-16/h1-5,7-12H,6,13-15H2,(H,28,33). The molecule has 1 N–H and O–H groups in total. The number of carbonyl (C=O) groups is 3. The van der Waals surface area contributed by atoms with Gasteiger partial charge < -0.3 is 5.32 Å². The summed E-state index contributed by atoms with van der Waals surface area (Å²) in [7, 11) is 0. The molecular weight excluding hydrogens is 463 g/mol. The Balaban J connectivity index is 1.47. The van der Waals surface area contributed by atoms with Crippen LogP contribution < -0.4 is 10.2 Å². The number of nitrogens with one attached hydrogen (secondary N) is 1. The minimum Gasteiger partial charge on any atom is -0.347 e. The molecule has 180 valence electrons. The number of alkyl halides is 3. The first-order valence-corrected chi connectivity index (χ1v) is 10.7. The van der Waals surface area contributed by atoms with E-state index in [2.05, 4.69) is 15.5 Å². The van der Waals surface area contributed by atoms with Gasteiger partial charge in [0.15, 0.2) is 11.5 Å². The monoisotopic (exact) mass is 483 g/mol. The number of amides is 4. The van der Waals surface area contributed by atoms with E-state index >= 15 is 0 Å². The number of carbonyl (C=O) groups excluding carboxylic acids is 3. The molecule has 1 aliphatic rings. The maximum atomic E-state index is 13.4. The molecule has 11 heteroatoms. The number of anilines is 1. The van der Waals surface area contributed by atoms with Crippen molar-refractivity contribution in [2.24, 2.45) is 0 Å². The zero-order valence-corrected chi connectivity index (χ0v) is 18.3. The summed E-state index contributed by atoms with van der Waals surface area (Å²) in [4.78, 5) is 40.1. The Morgan fingerprint density at radius 1 is 0.914 bits per heavy atom. The Labute approximate surface area is 198 Å². The lowest BCUT2D eigenvalue weighted by atomic mass is 10.1. The second-order valence-corrected chi connectivity index (χ2v) is 7.73. The van der Waals surface area contributed by atoms with E-state index in [9.17, 15) is 27.6 Å². The van der Waals surface area contributed by atoms with Crippen LogP contribution in [-0.4, -0.2) is 46.0 Å². The van der Waals surface area contributed by atoms with Crippen molar-refractivity contribution in [2.75, 3.05) is 18.0 Å². The molecule has 3 aromatic rings. The number of hydrogen-bond acceptors (Lipinski definition) is 5. The first kappa shape index (κ1) is 23.9. The molecule has 8 nitrogen and oxygen atoms in total. The number of hydrogen-bond donors (Lipinski definition) is 1. The minimum atomic E-state index is -4.74. The van der Waals surface area contributed by atoms with Crippen LogP contribution in [0.1, 0.15) is 38.4 Å². The number of urea groups is 1. The van der Waals surface area contributed by atoms with Gasteiger partial charge in [-0.2, -0.15) is 13.2 Å². The van der Waals surface area contributed by atoms with Gasteiger partial charge in [0.1, 0.15) is 0 Å². The van der Waals surface area contributed by atoms with Gasteiger partial charge in [-0.05, 0) is 36.2 Å². The Morgan fingerprint density at radius 2 is 1.63 bits per heavy atom. The number of nitrogens with zero attached hydrogens (tertiary/aromatic N) is 4. The van der Waals surface area contributed by atoms with Crippen LogP contribution in [0.15, 0.2) is 66.7 Å². The topological polar surface area (TPSA) is 95.5 Å². The highest BCUT2D eigenvalue weighted by Crippen LogP contribution is 2.33. The average molecular weight is 483 g/mol. The number of aromatic nitrogens is 2. The van der Waals surface area contributed by atoms with E-state index in [0.717, 1.165) is 27.5 Å². The Kier molecular flexibility index (Phi) is 6.76. The van der Waals surface area contributed by atoms with Crippen LogP contribution in [0.5, 0.6) is 0 Å². The van der Waals surface area contributed by atoms with Crippen LogP contribution in [0.25, 0.3) is 0 Å². The fourth-order valence-corrected chi connectivity index (χ4v) is 3.65. The highest BCUT2D eigenvalue weighted by molar-refractivity contribution is 6.09. The van der Waals surface area contributed by atoms with Crippen molar-refractivity contribution < 1.29 is 27.6 Å². The van der Waals surface area contributed by atoms with Crippen molar-refractivity contribution in [3.63, 3.8) is 0 Å². The molecule has 0 saturated carbocycles. The lowest BCUT2D eigenvalue weighted by Crippen LogP contribution is -2.52. The predicted octanol–water partition coefficient (Wildman–Crippen LogP) is 3.90. The molecular formula is C24H20F3N5O3.